The van der Waals surface area contributed by atoms with E-state index in [0.717, 1.165) is 18.7 Å². The van der Waals surface area contributed by atoms with E-state index < -0.39 is 9.84 Å². The number of aliphatic imine (C=N–C) groups is 1. The van der Waals surface area contributed by atoms with Crippen molar-refractivity contribution in [3.8, 4) is 0 Å². The second-order valence-electron chi connectivity index (χ2n) is 6.22. The summed E-state index contributed by atoms with van der Waals surface area (Å²) in [6, 6.07) is 6.36. The van der Waals surface area contributed by atoms with Gasteiger partial charge >= 0.3 is 0 Å². The molecule has 1 aromatic rings. The molecule has 0 bridgehead atoms. The Balaban J connectivity index is 1.47. The minimum absolute atomic E-state index is 0.250. The fraction of sp³-hybridized carbons (Fsp3) is 0.562. The van der Waals surface area contributed by atoms with Gasteiger partial charge in [0, 0.05) is 25.3 Å². The van der Waals surface area contributed by atoms with E-state index in [1.165, 1.54) is 24.0 Å². The number of sulfone groups is 1. The summed E-state index contributed by atoms with van der Waals surface area (Å²) < 4.78 is 22.8. The molecule has 7 heteroatoms. The van der Waals surface area contributed by atoms with Crippen LogP contribution in [0.15, 0.2) is 23.2 Å². The first-order valence-corrected chi connectivity index (χ1v) is 9.95. The van der Waals surface area contributed by atoms with Crippen LogP contribution in [0.1, 0.15) is 17.5 Å². The molecule has 0 radical (unpaired) electrons. The molecular weight excluding hydrogens is 312 g/mol. The second-order valence-corrected chi connectivity index (χ2v) is 8.53. The second kappa shape index (κ2) is 6.88. The van der Waals surface area contributed by atoms with Gasteiger partial charge in [-0.3, -0.25) is 9.89 Å². The Morgan fingerprint density at radius 1 is 1.22 bits per heavy atom. The molecule has 0 atom stereocenters. The Morgan fingerprint density at radius 2 is 1.96 bits per heavy atom. The van der Waals surface area contributed by atoms with Gasteiger partial charge in [-0.25, -0.2) is 8.42 Å². The first-order chi connectivity index (χ1) is 11.0. The van der Waals surface area contributed by atoms with Crippen LogP contribution in [0.2, 0.25) is 0 Å². The molecule has 1 aliphatic heterocycles. The highest BCUT2D eigenvalue weighted by atomic mass is 32.2. The summed E-state index contributed by atoms with van der Waals surface area (Å²) in [5.41, 5.74) is 9.75. The molecule has 23 heavy (non-hydrogen) atoms. The molecule has 1 aromatic carbocycles. The first-order valence-electron chi connectivity index (χ1n) is 8.13. The summed E-state index contributed by atoms with van der Waals surface area (Å²) in [4.78, 5) is 6.45. The van der Waals surface area contributed by atoms with Crippen molar-refractivity contribution < 1.29 is 8.42 Å². The smallest absolute Gasteiger partial charge is 0.193 e. The summed E-state index contributed by atoms with van der Waals surface area (Å²) >= 11 is 0. The number of nitrogens with zero attached hydrogens (tertiary/aromatic N) is 2. The van der Waals surface area contributed by atoms with E-state index in [-0.39, 0.29) is 11.5 Å². The SMILES string of the molecule is NC(=NCCN1CCS(=O)(=O)CC1)Nc1ccc2c(c1)CCC2. The van der Waals surface area contributed by atoms with Crippen LogP contribution in [0, 0.1) is 0 Å². The molecule has 6 nitrogen and oxygen atoms in total. The third kappa shape index (κ3) is 4.45. The van der Waals surface area contributed by atoms with Gasteiger partial charge in [-0.1, -0.05) is 6.07 Å². The number of nitrogens with two attached hydrogens (primary N) is 1. The number of fused-ring (bicyclic) bond motifs is 1. The van der Waals surface area contributed by atoms with Crippen LogP contribution < -0.4 is 11.1 Å². The van der Waals surface area contributed by atoms with Gasteiger partial charge in [0.2, 0.25) is 0 Å². The van der Waals surface area contributed by atoms with E-state index in [1.54, 1.807) is 0 Å². The summed E-state index contributed by atoms with van der Waals surface area (Å²) in [7, 11) is -2.82. The van der Waals surface area contributed by atoms with Crippen LogP contribution in [-0.4, -0.2) is 57.0 Å². The maximum atomic E-state index is 11.4. The summed E-state index contributed by atoms with van der Waals surface area (Å²) in [6.07, 6.45) is 3.54. The summed E-state index contributed by atoms with van der Waals surface area (Å²) in [5, 5.41) is 3.14. The van der Waals surface area contributed by atoms with Crippen LogP contribution in [0.3, 0.4) is 0 Å². The van der Waals surface area contributed by atoms with Gasteiger partial charge in [-0.15, -0.1) is 0 Å². The highest BCUT2D eigenvalue weighted by molar-refractivity contribution is 7.91. The number of nitrogens with one attached hydrogen (secondary N) is 1. The molecule has 126 valence electrons. The van der Waals surface area contributed by atoms with Gasteiger partial charge < -0.3 is 11.1 Å². The maximum Gasteiger partial charge on any atom is 0.193 e. The van der Waals surface area contributed by atoms with Crippen molar-refractivity contribution >= 4 is 21.5 Å². The lowest BCUT2D eigenvalue weighted by atomic mass is 10.1. The molecular formula is C16H24N4O2S. The molecule has 0 amide bonds. The predicted octanol–water partition coefficient (Wildman–Crippen LogP) is 0.632. The van der Waals surface area contributed by atoms with Crippen molar-refractivity contribution in [1.82, 2.24) is 4.90 Å². The van der Waals surface area contributed by atoms with E-state index in [9.17, 15) is 8.42 Å². The number of hydrogen-bond acceptors (Lipinski definition) is 4. The molecule has 3 N–H and O–H groups in total. The highest BCUT2D eigenvalue weighted by Gasteiger charge is 2.20. The van der Waals surface area contributed by atoms with E-state index >= 15 is 0 Å². The third-order valence-corrected chi connectivity index (χ3v) is 6.12. The van der Waals surface area contributed by atoms with Gasteiger partial charge in [0.05, 0.1) is 18.1 Å². The van der Waals surface area contributed by atoms with Crippen LogP contribution in [0.5, 0.6) is 0 Å². The number of rotatable bonds is 4. The lowest BCUT2D eigenvalue weighted by Gasteiger charge is -2.25. The van der Waals surface area contributed by atoms with Crippen LogP contribution in [0.4, 0.5) is 5.69 Å². The molecule has 0 spiro atoms. The van der Waals surface area contributed by atoms with Crippen LogP contribution in [0.25, 0.3) is 0 Å². The minimum Gasteiger partial charge on any atom is -0.370 e. The van der Waals surface area contributed by atoms with Crippen molar-refractivity contribution in [2.75, 3.05) is 43.0 Å². The highest BCUT2D eigenvalue weighted by Crippen LogP contribution is 2.24. The number of benzene rings is 1. The lowest BCUT2D eigenvalue weighted by molar-refractivity contribution is 0.304. The molecule has 2 aliphatic rings. The Kier molecular flexibility index (Phi) is 4.87. The zero-order chi connectivity index (χ0) is 16.3. The van der Waals surface area contributed by atoms with Crippen molar-refractivity contribution in [2.45, 2.75) is 19.3 Å². The van der Waals surface area contributed by atoms with E-state index in [1.807, 2.05) is 6.07 Å². The molecule has 1 heterocycles. The average molecular weight is 336 g/mol. The van der Waals surface area contributed by atoms with E-state index in [4.69, 9.17) is 5.73 Å². The Hall–Kier alpha value is -1.60. The largest absolute Gasteiger partial charge is 0.370 e. The molecule has 3 rings (SSSR count). The number of anilines is 1. The quantitative estimate of drug-likeness (QED) is 0.622. The third-order valence-electron chi connectivity index (χ3n) is 4.51. The predicted molar refractivity (Wildman–Crippen MR) is 93.7 cm³/mol. The monoisotopic (exact) mass is 336 g/mol. The zero-order valence-corrected chi connectivity index (χ0v) is 14.1. The molecule has 0 saturated carbocycles. The zero-order valence-electron chi connectivity index (χ0n) is 13.3. The minimum atomic E-state index is -2.82. The standard InChI is InChI=1S/C16H24N4O2S/c17-16(18-6-7-20-8-10-23(21,22)11-9-20)19-15-5-4-13-2-1-3-14(13)12-15/h4-5,12H,1-3,6-11H2,(H3,17,18,19). The normalized spacial score (nSPS) is 21.1. The molecule has 1 saturated heterocycles. The van der Waals surface area contributed by atoms with E-state index in [2.05, 4.69) is 27.3 Å². The summed E-state index contributed by atoms with van der Waals surface area (Å²) in [5.74, 6) is 0.909. The van der Waals surface area contributed by atoms with Gasteiger partial charge in [0.15, 0.2) is 15.8 Å². The Morgan fingerprint density at radius 3 is 2.74 bits per heavy atom. The number of aryl methyl sites for hydroxylation is 2. The van der Waals surface area contributed by atoms with Gasteiger partial charge in [0.1, 0.15) is 0 Å². The molecule has 1 fully saturated rings. The van der Waals surface area contributed by atoms with Gasteiger partial charge in [-0.2, -0.15) is 0 Å². The fourth-order valence-corrected chi connectivity index (χ4v) is 4.40. The van der Waals surface area contributed by atoms with Gasteiger partial charge in [0.25, 0.3) is 0 Å². The maximum absolute atomic E-state index is 11.4. The van der Waals surface area contributed by atoms with Crippen molar-refractivity contribution in [2.24, 2.45) is 10.7 Å². The van der Waals surface area contributed by atoms with Crippen LogP contribution in [-0.2, 0) is 22.7 Å². The van der Waals surface area contributed by atoms with Crippen molar-refractivity contribution in [1.29, 1.82) is 0 Å². The number of hydrogen-bond donors (Lipinski definition) is 2. The van der Waals surface area contributed by atoms with Gasteiger partial charge in [-0.05, 0) is 42.5 Å². The molecule has 0 aromatic heterocycles. The molecule has 0 unspecified atom stereocenters. The average Bonchev–Trinajstić information content (AvgIpc) is 2.96. The van der Waals surface area contributed by atoms with Crippen molar-refractivity contribution in [3.63, 3.8) is 0 Å². The van der Waals surface area contributed by atoms with Crippen LogP contribution >= 0.6 is 0 Å². The lowest BCUT2D eigenvalue weighted by Crippen LogP contribution is -2.41. The first kappa shape index (κ1) is 16.3. The Bertz CT molecular complexity index is 686. The fourth-order valence-electron chi connectivity index (χ4n) is 3.12. The molecule has 1 aliphatic carbocycles. The number of guanidine groups is 1. The Labute approximate surface area is 137 Å². The summed E-state index contributed by atoms with van der Waals surface area (Å²) in [6.45, 7) is 2.50. The topological polar surface area (TPSA) is 87.8 Å². The van der Waals surface area contributed by atoms with Crippen molar-refractivity contribution in [3.05, 3.63) is 29.3 Å². The van der Waals surface area contributed by atoms with E-state index in [0.29, 0.717) is 25.6 Å².